The highest BCUT2D eigenvalue weighted by molar-refractivity contribution is 7.88. The summed E-state index contributed by atoms with van der Waals surface area (Å²) >= 11 is 0. The molecule has 29 heavy (non-hydrogen) atoms. The highest BCUT2D eigenvalue weighted by Crippen LogP contribution is 2.46. The van der Waals surface area contributed by atoms with E-state index in [1.165, 1.54) is 0 Å². The third-order valence-corrected chi connectivity index (χ3v) is 6.94. The molecule has 7 nitrogen and oxygen atoms in total. The van der Waals surface area contributed by atoms with Gasteiger partial charge in [0.1, 0.15) is 11.4 Å². The number of allylic oxidation sites excluding steroid dienone is 1. The Morgan fingerprint density at radius 1 is 1.24 bits per heavy atom. The molecule has 1 aliphatic carbocycles. The molecule has 0 unspecified atom stereocenters. The molecule has 9 heteroatoms. The van der Waals surface area contributed by atoms with E-state index in [2.05, 4.69) is 14.7 Å². The van der Waals surface area contributed by atoms with Gasteiger partial charge >= 0.3 is 7.12 Å². The largest absolute Gasteiger partial charge is 0.552 e. The quantitative estimate of drug-likeness (QED) is 0.561. The molecule has 3 N–H and O–H groups in total. The van der Waals surface area contributed by atoms with E-state index in [1.807, 2.05) is 42.6 Å². The molecule has 1 fully saturated rings. The fraction of sp³-hybridized carbons (Fsp3) is 0.250. The van der Waals surface area contributed by atoms with Crippen molar-refractivity contribution in [1.29, 1.82) is 0 Å². The number of pyridine rings is 1. The minimum Gasteiger partial charge on any atom is -0.531 e. The van der Waals surface area contributed by atoms with Crippen LogP contribution in [-0.4, -0.2) is 36.6 Å². The van der Waals surface area contributed by atoms with Gasteiger partial charge in [0, 0.05) is 23.2 Å². The van der Waals surface area contributed by atoms with Gasteiger partial charge in [0.15, 0.2) is 0 Å². The Morgan fingerprint density at radius 3 is 2.83 bits per heavy atom. The molecule has 3 aromatic rings. The van der Waals surface area contributed by atoms with Crippen LogP contribution in [0.25, 0.3) is 16.6 Å². The number of hydrogen-bond donors (Lipinski definition) is 3. The van der Waals surface area contributed by atoms with E-state index in [1.54, 1.807) is 12.2 Å². The van der Waals surface area contributed by atoms with Crippen LogP contribution in [0.2, 0.25) is 0 Å². The third-order valence-electron chi connectivity index (χ3n) is 5.53. The number of H-pyrrole nitrogens is 1. The zero-order chi connectivity index (χ0) is 20.0. The molecule has 0 spiro atoms. The minimum absolute atomic E-state index is 0.0251. The lowest BCUT2D eigenvalue weighted by Gasteiger charge is -2.39. The summed E-state index contributed by atoms with van der Waals surface area (Å²) < 4.78 is 33.3. The summed E-state index contributed by atoms with van der Waals surface area (Å²) in [5.74, 6) is 2.39. The highest BCUT2D eigenvalue weighted by Gasteiger charge is 2.39. The summed E-state index contributed by atoms with van der Waals surface area (Å²) in [5, 5.41) is 11.0. The number of rotatable bonds is 5. The third kappa shape index (κ3) is 3.57. The molecule has 5 rings (SSSR count). The van der Waals surface area contributed by atoms with E-state index >= 15 is 0 Å². The van der Waals surface area contributed by atoms with Crippen molar-refractivity contribution in [3.8, 4) is 5.75 Å². The second-order valence-electron chi connectivity index (χ2n) is 7.60. The topological polar surface area (TPSA) is 104 Å². The van der Waals surface area contributed by atoms with Crippen molar-refractivity contribution in [2.24, 2.45) is 5.92 Å². The maximum atomic E-state index is 12.5. The van der Waals surface area contributed by atoms with Crippen LogP contribution in [-0.2, 0) is 15.8 Å². The minimum atomic E-state index is -3.40. The van der Waals surface area contributed by atoms with Crippen LogP contribution in [0.4, 0.5) is 0 Å². The zero-order valence-corrected chi connectivity index (χ0v) is 16.4. The monoisotopic (exact) mass is 409 g/mol. The molecule has 0 radical (unpaired) electrons. The average Bonchev–Trinajstić information content (AvgIpc) is 3.13. The van der Waals surface area contributed by atoms with Crippen molar-refractivity contribution in [2.75, 3.05) is 0 Å². The zero-order valence-electron chi connectivity index (χ0n) is 15.6. The Kier molecular flexibility index (Phi) is 4.46. The standard InChI is InChI=1S/C20H20BN3O4S/c25-21-10-17(19-16-6-7-22-20(16)23-11-18(19)28-21)14-8-15(9-14)24-29(26,27)12-13-4-2-1-3-5-13/h1-7,10-11,14-15,24-25H,8-9,12H2,(H,22,23)/t14-,15+. The van der Waals surface area contributed by atoms with E-state index in [4.69, 9.17) is 4.65 Å². The van der Waals surface area contributed by atoms with Crippen molar-refractivity contribution in [1.82, 2.24) is 14.7 Å². The Morgan fingerprint density at radius 2 is 2.03 bits per heavy atom. The number of aromatic nitrogens is 2. The Hall–Kier alpha value is -2.62. The van der Waals surface area contributed by atoms with Gasteiger partial charge in [-0.25, -0.2) is 18.1 Å². The number of nitrogens with zero attached hydrogens (tertiary/aromatic N) is 1. The van der Waals surface area contributed by atoms with Gasteiger partial charge in [0.05, 0.1) is 11.9 Å². The summed E-state index contributed by atoms with van der Waals surface area (Å²) in [6.07, 6.45) is 4.80. The SMILES string of the molecule is O=S(=O)(Cc1ccccc1)N[C@H]1C[C@@H](C2=CB(O)Oc3cnc4[nH]ccc4c32)C1. The molecule has 2 aromatic heterocycles. The lowest BCUT2D eigenvalue weighted by molar-refractivity contribution is 0.308. The van der Waals surface area contributed by atoms with E-state index in [9.17, 15) is 13.4 Å². The van der Waals surface area contributed by atoms with Crippen LogP contribution in [0.3, 0.4) is 0 Å². The number of sulfonamides is 1. The lowest BCUT2D eigenvalue weighted by Crippen LogP contribution is -2.45. The summed E-state index contributed by atoms with van der Waals surface area (Å²) in [6, 6.07) is 11.0. The molecule has 0 saturated heterocycles. The molecule has 1 saturated carbocycles. The van der Waals surface area contributed by atoms with Crippen molar-refractivity contribution in [3.63, 3.8) is 0 Å². The Balaban J connectivity index is 1.32. The van der Waals surface area contributed by atoms with Gasteiger partial charge in [-0.3, -0.25) is 0 Å². The van der Waals surface area contributed by atoms with E-state index in [-0.39, 0.29) is 17.7 Å². The lowest BCUT2D eigenvalue weighted by atomic mass is 9.68. The van der Waals surface area contributed by atoms with Crippen LogP contribution in [0.5, 0.6) is 5.75 Å². The van der Waals surface area contributed by atoms with Gasteiger partial charge in [-0.15, -0.1) is 0 Å². The molecule has 3 heterocycles. The van der Waals surface area contributed by atoms with Gasteiger partial charge in [-0.05, 0) is 41.9 Å². The Bertz CT molecular complexity index is 1190. The van der Waals surface area contributed by atoms with Gasteiger partial charge in [0.25, 0.3) is 0 Å². The summed E-state index contributed by atoms with van der Waals surface area (Å²) in [5.41, 5.74) is 3.44. The van der Waals surface area contributed by atoms with Crippen molar-refractivity contribution in [2.45, 2.75) is 24.6 Å². The normalized spacial score (nSPS) is 21.3. The number of aromatic amines is 1. The maximum absolute atomic E-state index is 12.5. The summed E-state index contributed by atoms with van der Waals surface area (Å²) in [6.45, 7) is 0. The van der Waals surface area contributed by atoms with Crippen LogP contribution < -0.4 is 9.38 Å². The average molecular weight is 409 g/mol. The molecule has 0 bridgehead atoms. The van der Waals surface area contributed by atoms with E-state index in [0.29, 0.717) is 18.6 Å². The van der Waals surface area contributed by atoms with Gasteiger partial charge in [-0.2, -0.15) is 0 Å². The fourth-order valence-corrected chi connectivity index (χ4v) is 5.59. The smallest absolute Gasteiger partial charge is 0.531 e. The molecule has 1 aromatic carbocycles. The van der Waals surface area contributed by atoms with Crippen LogP contribution >= 0.6 is 0 Å². The molecule has 148 valence electrons. The number of fused-ring (bicyclic) bond motifs is 3. The van der Waals surface area contributed by atoms with Crippen molar-refractivity contribution < 1.29 is 18.1 Å². The van der Waals surface area contributed by atoms with E-state index < -0.39 is 17.1 Å². The van der Waals surface area contributed by atoms with Crippen LogP contribution in [0.15, 0.2) is 54.8 Å². The maximum Gasteiger partial charge on any atom is 0.552 e. The molecule has 0 atom stereocenters. The molecular formula is C20H20BN3O4S. The first kappa shape index (κ1) is 18.4. The first-order valence-electron chi connectivity index (χ1n) is 9.55. The van der Waals surface area contributed by atoms with Gasteiger partial charge < -0.3 is 14.7 Å². The first-order valence-corrected chi connectivity index (χ1v) is 11.2. The van der Waals surface area contributed by atoms with Crippen molar-refractivity contribution in [3.05, 3.63) is 65.9 Å². The summed E-state index contributed by atoms with van der Waals surface area (Å²) in [4.78, 5) is 7.41. The molecule has 2 aliphatic rings. The summed E-state index contributed by atoms with van der Waals surface area (Å²) in [7, 11) is -4.43. The number of hydrogen-bond acceptors (Lipinski definition) is 5. The second kappa shape index (κ2) is 7.02. The molecular weight excluding hydrogens is 389 g/mol. The Labute approximate surface area is 169 Å². The highest BCUT2D eigenvalue weighted by atomic mass is 32.2. The fourth-order valence-electron chi connectivity index (χ4n) is 4.18. The van der Waals surface area contributed by atoms with Crippen LogP contribution in [0.1, 0.15) is 24.0 Å². The second-order valence-corrected chi connectivity index (χ2v) is 9.35. The van der Waals surface area contributed by atoms with Crippen molar-refractivity contribution >= 4 is 33.7 Å². The predicted octanol–water partition coefficient (Wildman–Crippen LogP) is 2.26. The van der Waals surface area contributed by atoms with Gasteiger partial charge in [-0.1, -0.05) is 30.3 Å². The number of benzene rings is 1. The predicted molar refractivity (Wildman–Crippen MR) is 111 cm³/mol. The molecule has 1 aliphatic heterocycles. The van der Waals surface area contributed by atoms with Crippen LogP contribution in [0, 0.1) is 5.92 Å². The first-order chi connectivity index (χ1) is 14.0. The number of nitrogens with one attached hydrogen (secondary N) is 2. The van der Waals surface area contributed by atoms with E-state index in [0.717, 1.165) is 27.7 Å². The molecule has 0 amide bonds. The van der Waals surface area contributed by atoms with Gasteiger partial charge in [0.2, 0.25) is 10.0 Å².